The second kappa shape index (κ2) is 6.68. The highest BCUT2D eigenvalue weighted by Crippen LogP contribution is 2.29. The zero-order valence-corrected chi connectivity index (χ0v) is 15.4. The van der Waals surface area contributed by atoms with Gasteiger partial charge in [-0.2, -0.15) is 20.1 Å². The Morgan fingerprint density at radius 3 is 2.69 bits per heavy atom. The van der Waals surface area contributed by atoms with Crippen LogP contribution in [-0.4, -0.2) is 39.7 Å². The van der Waals surface area contributed by atoms with E-state index in [0.29, 0.717) is 23.5 Å². The van der Waals surface area contributed by atoms with Crippen molar-refractivity contribution in [1.82, 2.24) is 39.7 Å². The zero-order chi connectivity index (χ0) is 19.8. The van der Waals surface area contributed by atoms with Crippen LogP contribution in [-0.2, 0) is 0 Å². The molecule has 0 fully saturated rings. The lowest BCUT2D eigenvalue weighted by Crippen LogP contribution is -2.10. The summed E-state index contributed by atoms with van der Waals surface area (Å²) in [6, 6.07) is 11.7. The summed E-state index contributed by atoms with van der Waals surface area (Å²) in [5.74, 6) is 2.25. The third kappa shape index (κ3) is 3.12. The molecule has 0 aliphatic carbocycles. The Labute approximate surface area is 164 Å². The van der Waals surface area contributed by atoms with Crippen molar-refractivity contribution >= 4 is 28.7 Å². The largest absolute Gasteiger partial charge is 0.368 e. The van der Waals surface area contributed by atoms with Crippen LogP contribution in [0.25, 0.3) is 28.1 Å². The standard InChI is InChI=1S/C19H16N10/c1-11-23-17(20)27-18(24-11)29-15-9-12(13-3-2-7-21-10-13)4-5-14(15)25-19(29)26-16-6-8-22-28-16/h2-10H,1H3,(H2,20,23,24,27)(H2,22,25,26,28). The number of pyridine rings is 1. The molecule has 10 heteroatoms. The van der Waals surface area contributed by atoms with Gasteiger partial charge in [0.2, 0.25) is 17.8 Å². The molecule has 1 aromatic carbocycles. The molecule has 0 saturated heterocycles. The molecule has 0 bridgehead atoms. The number of rotatable bonds is 4. The fraction of sp³-hybridized carbons (Fsp3) is 0.0526. The van der Waals surface area contributed by atoms with Crippen LogP contribution in [0.3, 0.4) is 0 Å². The van der Waals surface area contributed by atoms with E-state index in [1.54, 1.807) is 30.0 Å². The molecule has 4 heterocycles. The van der Waals surface area contributed by atoms with Gasteiger partial charge in [-0.3, -0.25) is 10.1 Å². The Morgan fingerprint density at radius 2 is 1.93 bits per heavy atom. The molecule has 0 atom stereocenters. The smallest absolute Gasteiger partial charge is 0.242 e. The van der Waals surface area contributed by atoms with Crippen molar-refractivity contribution in [2.75, 3.05) is 11.1 Å². The number of nitrogens with zero attached hydrogens (tertiary/aromatic N) is 7. The number of anilines is 3. The van der Waals surface area contributed by atoms with Crippen LogP contribution < -0.4 is 11.1 Å². The molecule has 0 aliphatic heterocycles. The second-order valence-electron chi connectivity index (χ2n) is 6.35. The van der Waals surface area contributed by atoms with E-state index in [1.807, 2.05) is 36.5 Å². The number of H-pyrrole nitrogens is 1. The van der Waals surface area contributed by atoms with Crippen LogP contribution in [0.2, 0.25) is 0 Å². The molecule has 0 radical (unpaired) electrons. The highest BCUT2D eigenvalue weighted by Gasteiger charge is 2.17. The van der Waals surface area contributed by atoms with Crippen LogP contribution in [0.15, 0.2) is 55.0 Å². The summed E-state index contributed by atoms with van der Waals surface area (Å²) in [6.07, 6.45) is 5.21. The third-order valence-corrected chi connectivity index (χ3v) is 4.35. The molecule has 5 rings (SSSR count). The number of nitrogens with one attached hydrogen (secondary N) is 2. The lowest BCUT2D eigenvalue weighted by molar-refractivity contribution is 0.893. The molecule has 4 aromatic heterocycles. The molecule has 0 aliphatic rings. The molecule has 4 N–H and O–H groups in total. The first-order valence-electron chi connectivity index (χ1n) is 8.85. The molecular formula is C19H16N10. The Kier molecular flexibility index (Phi) is 3.87. The maximum absolute atomic E-state index is 5.88. The van der Waals surface area contributed by atoms with E-state index in [-0.39, 0.29) is 5.95 Å². The second-order valence-corrected chi connectivity index (χ2v) is 6.35. The van der Waals surface area contributed by atoms with Crippen molar-refractivity contribution in [1.29, 1.82) is 0 Å². The van der Waals surface area contributed by atoms with Crippen LogP contribution in [0, 0.1) is 6.92 Å². The number of hydrogen-bond donors (Lipinski definition) is 3. The van der Waals surface area contributed by atoms with Gasteiger partial charge in [0.05, 0.1) is 17.2 Å². The number of nitrogen functional groups attached to an aromatic ring is 1. The molecule has 0 amide bonds. The van der Waals surface area contributed by atoms with Crippen LogP contribution in [0.4, 0.5) is 17.7 Å². The summed E-state index contributed by atoms with van der Waals surface area (Å²) in [6.45, 7) is 1.77. The lowest BCUT2D eigenvalue weighted by atomic mass is 10.1. The third-order valence-electron chi connectivity index (χ3n) is 4.35. The molecule has 29 heavy (non-hydrogen) atoms. The van der Waals surface area contributed by atoms with E-state index in [1.165, 1.54) is 0 Å². The number of benzene rings is 1. The fourth-order valence-corrected chi connectivity index (χ4v) is 3.11. The monoisotopic (exact) mass is 384 g/mol. The molecule has 0 unspecified atom stereocenters. The van der Waals surface area contributed by atoms with Gasteiger partial charge in [0.15, 0.2) is 0 Å². The van der Waals surface area contributed by atoms with Crippen LogP contribution >= 0.6 is 0 Å². The maximum Gasteiger partial charge on any atom is 0.242 e. The van der Waals surface area contributed by atoms with Gasteiger partial charge in [-0.25, -0.2) is 9.55 Å². The first-order chi connectivity index (χ1) is 14.2. The number of nitrogens with two attached hydrogens (primary N) is 1. The van der Waals surface area contributed by atoms with Gasteiger partial charge >= 0.3 is 0 Å². The molecule has 0 saturated carbocycles. The van der Waals surface area contributed by atoms with E-state index in [9.17, 15) is 0 Å². The van der Waals surface area contributed by atoms with Crippen molar-refractivity contribution in [3.8, 4) is 17.1 Å². The number of imidazole rings is 1. The maximum atomic E-state index is 5.88. The van der Waals surface area contributed by atoms with E-state index >= 15 is 0 Å². The first kappa shape index (κ1) is 16.8. The average molecular weight is 384 g/mol. The van der Waals surface area contributed by atoms with E-state index in [2.05, 4.69) is 35.5 Å². The summed E-state index contributed by atoms with van der Waals surface area (Å²) < 4.78 is 1.81. The minimum Gasteiger partial charge on any atom is -0.368 e. The van der Waals surface area contributed by atoms with Crippen molar-refractivity contribution < 1.29 is 0 Å². The summed E-state index contributed by atoms with van der Waals surface area (Å²) in [7, 11) is 0. The predicted molar refractivity (Wildman–Crippen MR) is 109 cm³/mol. The van der Waals surface area contributed by atoms with Gasteiger partial charge in [-0.15, -0.1) is 0 Å². The van der Waals surface area contributed by atoms with Gasteiger partial charge in [0.25, 0.3) is 0 Å². The van der Waals surface area contributed by atoms with Gasteiger partial charge in [-0.1, -0.05) is 12.1 Å². The Morgan fingerprint density at radius 1 is 1.00 bits per heavy atom. The Balaban J connectivity index is 1.75. The van der Waals surface area contributed by atoms with E-state index in [4.69, 9.17) is 10.7 Å². The Bertz CT molecular complexity index is 1270. The highest BCUT2D eigenvalue weighted by atomic mass is 15.3. The van der Waals surface area contributed by atoms with Gasteiger partial charge in [0.1, 0.15) is 11.6 Å². The molecule has 10 nitrogen and oxygen atoms in total. The van der Waals surface area contributed by atoms with Crippen LogP contribution in [0.5, 0.6) is 0 Å². The molecular weight excluding hydrogens is 368 g/mol. The highest BCUT2D eigenvalue weighted by molar-refractivity contribution is 5.86. The summed E-state index contributed by atoms with van der Waals surface area (Å²) in [4.78, 5) is 21.8. The van der Waals surface area contributed by atoms with Gasteiger partial charge in [-0.05, 0) is 30.7 Å². The normalized spacial score (nSPS) is 11.1. The number of aryl methyl sites for hydroxylation is 1. The summed E-state index contributed by atoms with van der Waals surface area (Å²) in [5.41, 5.74) is 9.46. The van der Waals surface area contributed by atoms with Crippen molar-refractivity contribution in [3.05, 3.63) is 60.8 Å². The van der Waals surface area contributed by atoms with Crippen molar-refractivity contribution in [3.63, 3.8) is 0 Å². The summed E-state index contributed by atoms with van der Waals surface area (Å²) in [5, 5.41) is 10.1. The lowest BCUT2D eigenvalue weighted by Gasteiger charge is -2.09. The fourth-order valence-electron chi connectivity index (χ4n) is 3.11. The minimum absolute atomic E-state index is 0.144. The zero-order valence-electron chi connectivity index (χ0n) is 15.4. The number of aromatic amines is 1. The topological polar surface area (TPSA) is 136 Å². The van der Waals surface area contributed by atoms with E-state index in [0.717, 1.165) is 22.2 Å². The van der Waals surface area contributed by atoms with E-state index < -0.39 is 0 Å². The quantitative estimate of drug-likeness (QED) is 0.430. The first-order valence-corrected chi connectivity index (χ1v) is 8.85. The SMILES string of the molecule is Cc1nc(N)nc(-n2c(Nc3ccn[nH]3)nc3ccc(-c4cccnc4)cc32)n1. The number of hydrogen-bond acceptors (Lipinski definition) is 8. The molecule has 142 valence electrons. The number of fused-ring (bicyclic) bond motifs is 1. The predicted octanol–water partition coefficient (Wildman–Crippen LogP) is 2.63. The van der Waals surface area contributed by atoms with Gasteiger partial charge < -0.3 is 11.1 Å². The molecule has 0 spiro atoms. The van der Waals surface area contributed by atoms with Crippen molar-refractivity contribution in [2.45, 2.75) is 6.92 Å². The van der Waals surface area contributed by atoms with Crippen LogP contribution in [0.1, 0.15) is 5.82 Å². The number of aromatic nitrogens is 8. The van der Waals surface area contributed by atoms with Crippen molar-refractivity contribution in [2.24, 2.45) is 0 Å². The molecule has 5 aromatic rings. The minimum atomic E-state index is 0.144. The van der Waals surface area contributed by atoms with Gasteiger partial charge in [0, 0.05) is 24.0 Å². The average Bonchev–Trinajstić information content (AvgIpc) is 3.35. The Hall–Kier alpha value is -4.34. The summed E-state index contributed by atoms with van der Waals surface area (Å²) >= 11 is 0.